The number of carbonyl (C=O) groups is 1. The normalized spacial score (nSPS) is 12.1. The van der Waals surface area contributed by atoms with Crippen molar-refractivity contribution in [1.82, 2.24) is 5.32 Å². The molecule has 0 heterocycles. The molecule has 0 atom stereocenters. The van der Waals surface area contributed by atoms with Gasteiger partial charge in [-0.2, -0.15) is 0 Å². The van der Waals surface area contributed by atoms with E-state index in [1.807, 2.05) is 19.1 Å². The number of hydrogen-bond donors (Lipinski definition) is 1. The number of hydrogen-bond acceptors (Lipinski definition) is 1. The molecule has 1 amide bonds. The highest BCUT2D eigenvalue weighted by molar-refractivity contribution is 5.72. The number of allylic oxidation sites excluding steroid dienone is 3. The van der Waals surface area contributed by atoms with Gasteiger partial charge in [-0.25, -0.2) is 0 Å². The molecule has 68 valence electrons. The first-order valence-electron chi connectivity index (χ1n) is 4.24. The molecular formula is C10H17NO. The van der Waals surface area contributed by atoms with Gasteiger partial charge in [0.05, 0.1) is 0 Å². The molecule has 0 aliphatic rings. The van der Waals surface area contributed by atoms with Gasteiger partial charge in [0.15, 0.2) is 0 Å². The van der Waals surface area contributed by atoms with E-state index in [1.54, 1.807) is 0 Å². The first-order chi connectivity index (χ1) is 5.66. The van der Waals surface area contributed by atoms with Crippen molar-refractivity contribution in [2.75, 3.05) is 6.54 Å². The second-order valence-electron chi connectivity index (χ2n) is 2.70. The van der Waals surface area contributed by atoms with Crippen LogP contribution in [0.15, 0.2) is 23.8 Å². The topological polar surface area (TPSA) is 29.1 Å². The molecule has 0 bridgehead atoms. The van der Waals surface area contributed by atoms with Gasteiger partial charge in [-0.3, -0.25) is 4.79 Å². The minimum absolute atomic E-state index is 0.0109. The van der Waals surface area contributed by atoms with Gasteiger partial charge in [0.25, 0.3) is 0 Å². The highest BCUT2D eigenvalue weighted by atomic mass is 16.1. The predicted molar refractivity (Wildman–Crippen MR) is 51.9 cm³/mol. The molecule has 12 heavy (non-hydrogen) atoms. The smallest absolute Gasteiger partial charge is 0.217 e. The molecule has 0 unspecified atom stereocenters. The average Bonchev–Trinajstić information content (AvgIpc) is 1.98. The highest BCUT2D eigenvalue weighted by Gasteiger charge is 1.84. The van der Waals surface area contributed by atoms with Crippen LogP contribution in [0.4, 0.5) is 0 Å². The van der Waals surface area contributed by atoms with Gasteiger partial charge in [-0.05, 0) is 13.3 Å². The Balaban J connectivity index is 3.61. The van der Waals surface area contributed by atoms with Gasteiger partial charge in [0, 0.05) is 13.5 Å². The molecule has 2 heteroatoms. The molecule has 0 radical (unpaired) electrons. The lowest BCUT2D eigenvalue weighted by molar-refractivity contribution is -0.118. The Morgan fingerprint density at radius 2 is 2.08 bits per heavy atom. The molecule has 0 aromatic heterocycles. The van der Waals surface area contributed by atoms with Crippen molar-refractivity contribution in [2.24, 2.45) is 0 Å². The first kappa shape index (κ1) is 11.0. The van der Waals surface area contributed by atoms with E-state index in [9.17, 15) is 4.79 Å². The molecular weight excluding hydrogens is 150 g/mol. The van der Waals surface area contributed by atoms with Crippen molar-refractivity contribution in [3.05, 3.63) is 23.8 Å². The standard InChI is InChI=1S/C10H17NO/c1-4-6-9(2)7-5-8-11-10(3)12/h5-7H,4,8H2,1-3H3,(H,11,12)/b7-5+,9-6+. The van der Waals surface area contributed by atoms with E-state index in [0.717, 1.165) is 6.42 Å². The Hall–Kier alpha value is -1.05. The largest absolute Gasteiger partial charge is 0.353 e. The summed E-state index contributed by atoms with van der Waals surface area (Å²) in [6.07, 6.45) is 7.16. The molecule has 1 N–H and O–H groups in total. The predicted octanol–water partition coefficient (Wildman–Crippen LogP) is 2.04. The summed E-state index contributed by atoms with van der Waals surface area (Å²) in [6.45, 7) is 6.28. The number of rotatable bonds is 4. The van der Waals surface area contributed by atoms with E-state index in [0.29, 0.717) is 6.54 Å². The van der Waals surface area contributed by atoms with E-state index in [4.69, 9.17) is 0 Å². The zero-order valence-electron chi connectivity index (χ0n) is 8.05. The summed E-state index contributed by atoms with van der Waals surface area (Å²) in [5.74, 6) is 0.0109. The highest BCUT2D eigenvalue weighted by Crippen LogP contribution is 1.95. The van der Waals surface area contributed by atoms with Crippen LogP contribution in [-0.2, 0) is 4.79 Å². The molecule has 0 saturated carbocycles. The Bertz CT molecular complexity index is 192. The third kappa shape index (κ3) is 7.06. The number of amides is 1. The van der Waals surface area contributed by atoms with Gasteiger partial charge in [-0.1, -0.05) is 30.7 Å². The zero-order chi connectivity index (χ0) is 9.40. The summed E-state index contributed by atoms with van der Waals surface area (Å²) in [5, 5.41) is 2.69. The van der Waals surface area contributed by atoms with Gasteiger partial charge in [0.2, 0.25) is 5.91 Å². The van der Waals surface area contributed by atoms with Crippen molar-refractivity contribution in [3.63, 3.8) is 0 Å². The van der Waals surface area contributed by atoms with Crippen molar-refractivity contribution in [3.8, 4) is 0 Å². The van der Waals surface area contributed by atoms with Crippen LogP contribution in [0.5, 0.6) is 0 Å². The lowest BCUT2D eigenvalue weighted by atomic mass is 10.2. The fraction of sp³-hybridized carbons (Fsp3) is 0.500. The van der Waals surface area contributed by atoms with E-state index in [1.165, 1.54) is 12.5 Å². The van der Waals surface area contributed by atoms with Crippen molar-refractivity contribution in [1.29, 1.82) is 0 Å². The molecule has 2 nitrogen and oxygen atoms in total. The van der Waals surface area contributed by atoms with E-state index < -0.39 is 0 Å². The Morgan fingerprint density at radius 3 is 2.58 bits per heavy atom. The lowest BCUT2D eigenvalue weighted by Gasteiger charge is -1.94. The molecule has 0 saturated heterocycles. The summed E-state index contributed by atoms with van der Waals surface area (Å²) in [6, 6.07) is 0. The quantitative estimate of drug-likeness (QED) is 0.638. The minimum atomic E-state index is 0.0109. The Morgan fingerprint density at radius 1 is 1.42 bits per heavy atom. The third-order valence-electron chi connectivity index (χ3n) is 1.38. The monoisotopic (exact) mass is 167 g/mol. The average molecular weight is 167 g/mol. The molecule has 0 spiro atoms. The van der Waals surface area contributed by atoms with Gasteiger partial charge < -0.3 is 5.32 Å². The summed E-state index contributed by atoms with van der Waals surface area (Å²) >= 11 is 0. The second kappa shape index (κ2) is 6.65. The van der Waals surface area contributed by atoms with Crippen LogP contribution in [0.2, 0.25) is 0 Å². The SMILES string of the molecule is CC/C=C(C)/C=C/CNC(C)=O. The van der Waals surface area contributed by atoms with Crippen LogP contribution in [0.3, 0.4) is 0 Å². The molecule has 0 aromatic carbocycles. The van der Waals surface area contributed by atoms with Crippen LogP contribution in [-0.4, -0.2) is 12.5 Å². The number of nitrogens with one attached hydrogen (secondary N) is 1. The summed E-state index contributed by atoms with van der Waals surface area (Å²) in [4.78, 5) is 10.5. The second-order valence-corrected chi connectivity index (χ2v) is 2.70. The molecule has 0 fully saturated rings. The van der Waals surface area contributed by atoms with Crippen LogP contribution < -0.4 is 5.32 Å². The maximum Gasteiger partial charge on any atom is 0.217 e. The fourth-order valence-electron chi connectivity index (χ4n) is 0.837. The maximum absolute atomic E-state index is 10.5. The number of carbonyl (C=O) groups excluding carboxylic acids is 1. The van der Waals surface area contributed by atoms with Crippen molar-refractivity contribution in [2.45, 2.75) is 27.2 Å². The Kier molecular flexibility index (Phi) is 6.07. The molecule has 0 aliphatic carbocycles. The van der Waals surface area contributed by atoms with Crippen LogP contribution in [0.1, 0.15) is 27.2 Å². The van der Waals surface area contributed by atoms with Crippen LogP contribution in [0.25, 0.3) is 0 Å². The summed E-state index contributed by atoms with van der Waals surface area (Å²) in [7, 11) is 0. The van der Waals surface area contributed by atoms with E-state index in [-0.39, 0.29) is 5.91 Å². The minimum Gasteiger partial charge on any atom is -0.353 e. The van der Waals surface area contributed by atoms with E-state index >= 15 is 0 Å². The molecule has 0 rings (SSSR count). The van der Waals surface area contributed by atoms with Crippen molar-refractivity contribution >= 4 is 5.91 Å². The summed E-state index contributed by atoms with van der Waals surface area (Å²) in [5.41, 5.74) is 1.24. The molecule has 0 aliphatic heterocycles. The zero-order valence-corrected chi connectivity index (χ0v) is 8.05. The van der Waals surface area contributed by atoms with Gasteiger partial charge in [0.1, 0.15) is 0 Å². The molecule has 0 aromatic rings. The lowest BCUT2D eigenvalue weighted by Crippen LogP contribution is -2.19. The maximum atomic E-state index is 10.5. The van der Waals surface area contributed by atoms with E-state index in [2.05, 4.69) is 18.3 Å². The third-order valence-corrected chi connectivity index (χ3v) is 1.38. The van der Waals surface area contributed by atoms with Crippen molar-refractivity contribution < 1.29 is 4.79 Å². The van der Waals surface area contributed by atoms with Gasteiger partial charge >= 0.3 is 0 Å². The summed E-state index contributed by atoms with van der Waals surface area (Å²) < 4.78 is 0. The van der Waals surface area contributed by atoms with Crippen LogP contribution >= 0.6 is 0 Å². The van der Waals surface area contributed by atoms with Gasteiger partial charge in [-0.15, -0.1) is 0 Å². The fourth-order valence-corrected chi connectivity index (χ4v) is 0.837. The van der Waals surface area contributed by atoms with Crippen LogP contribution in [0, 0.1) is 0 Å². The Labute approximate surface area is 74.4 Å². The first-order valence-corrected chi connectivity index (χ1v) is 4.24.